The highest BCUT2D eigenvalue weighted by Gasteiger charge is 2.25. The molecular weight excluding hydrogens is 404 g/mol. The molecule has 1 atom stereocenters. The highest BCUT2D eigenvalue weighted by molar-refractivity contribution is 8.00. The standard InChI is InChI=1S/C21H24N4O4S/c1-14(30-17-8-6-16(7-9-17)25(28)29)21(27)23-18-4-2-3-5-19(18)24-12-10-15(11-13-24)20(22)26/h2-9,14-15H,10-13H2,1H3,(H2,22,26)(H,23,27)/t14-/m1/s1. The SMILES string of the molecule is C[C@@H](Sc1ccc([N+](=O)[O-])cc1)C(=O)Nc1ccccc1N1CCC(C(N)=O)CC1. The van der Waals surface area contributed by atoms with Crippen LogP contribution in [0.5, 0.6) is 0 Å². The number of non-ortho nitro benzene ring substituents is 1. The Kier molecular flexibility index (Phi) is 6.94. The van der Waals surface area contributed by atoms with Crippen molar-refractivity contribution in [2.75, 3.05) is 23.3 Å². The van der Waals surface area contributed by atoms with E-state index in [1.54, 1.807) is 19.1 Å². The highest BCUT2D eigenvalue weighted by Crippen LogP contribution is 2.31. The van der Waals surface area contributed by atoms with Crippen LogP contribution in [0.3, 0.4) is 0 Å². The van der Waals surface area contributed by atoms with Gasteiger partial charge in [0.15, 0.2) is 0 Å². The van der Waals surface area contributed by atoms with Gasteiger partial charge >= 0.3 is 0 Å². The van der Waals surface area contributed by atoms with Crippen molar-refractivity contribution in [3.05, 3.63) is 58.6 Å². The molecule has 9 heteroatoms. The van der Waals surface area contributed by atoms with Gasteiger partial charge in [-0.05, 0) is 44.0 Å². The van der Waals surface area contributed by atoms with Gasteiger partial charge in [0.2, 0.25) is 11.8 Å². The zero-order chi connectivity index (χ0) is 21.7. The summed E-state index contributed by atoms with van der Waals surface area (Å²) in [6.07, 6.45) is 1.40. The minimum absolute atomic E-state index is 0.0190. The van der Waals surface area contributed by atoms with E-state index in [9.17, 15) is 19.7 Å². The molecule has 30 heavy (non-hydrogen) atoms. The molecule has 2 aromatic carbocycles. The molecule has 1 fully saturated rings. The number of hydrogen-bond acceptors (Lipinski definition) is 6. The maximum absolute atomic E-state index is 12.7. The molecule has 158 valence electrons. The number of rotatable bonds is 7. The Balaban J connectivity index is 1.64. The lowest BCUT2D eigenvalue weighted by Crippen LogP contribution is -2.39. The fraction of sp³-hybridized carbons (Fsp3) is 0.333. The predicted molar refractivity (Wildman–Crippen MR) is 118 cm³/mol. The molecule has 0 radical (unpaired) electrons. The number of primary amides is 1. The van der Waals surface area contributed by atoms with Crippen LogP contribution in [0.15, 0.2) is 53.4 Å². The molecule has 0 unspecified atom stereocenters. The molecule has 0 spiro atoms. The molecule has 1 aliphatic heterocycles. The van der Waals surface area contributed by atoms with E-state index < -0.39 is 4.92 Å². The predicted octanol–water partition coefficient (Wildman–Crippen LogP) is 3.42. The summed E-state index contributed by atoms with van der Waals surface area (Å²) in [6.45, 7) is 3.20. The van der Waals surface area contributed by atoms with Gasteiger partial charge in [-0.15, -0.1) is 11.8 Å². The van der Waals surface area contributed by atoms with Crippen molar-refractivity contribution in [2.45, 2.75) is 29.9 Å². The fourth-order valence-electron chi connectivity index (χ4n) is 3.40. The van der Waals surface area contributed by atoms with Gasteiger partial charge < -0.3 is 16.0 Å². The summed E-state index contributed by atoms with van der Waals surface area (Å²) in [5.41, 5.74) is 7.07. The number of nitrogens with zero attached hydrogens (tertiary/aromatic N) is 2. The summed E-state index contributed by atoms with van der Waals surface area (Å²) >= 11 is 1.34. The third kappa shape index (κ3) is 5.29. The summed E-state index contributed by atoms with van der Waals surface area (Å²) < 4.78 is 0. The number of para-hydroxylation sites is 2. The van der Waals surface area contributed by atoms with Crippen molar-refractivity contribution in [2.24, 2.45) is 11.7 Å². The number of carbonyl (C=O) groups is 2. The molecule has 1 heterocycles. The number of carbonyl (C=O) groups excluding carboxylic acids is 2. The Morgan fingerprint density at radius 1 is 1.17 bits per heavy atom. The van der Waals surface area contributed by atoms with Crippen LogP contribution in [0.25, 0.3) is 0 Å². The molecule has 3 rings (SSSR count). The molecule has 0 saturated carbocycles. The summed E-state index contributed by atoms with van der Waals surface area (Å²) in [5.74, 6) is -0.507. The lowest BCUT2D eigenvalue weighted by molar-refractivity contribution is -0.384. The summed E-state index contributed by atoms with van der Waals surface area (Å²) in [5, 5.41) is 13.4. The van der Waals surface area contributed by atoms with Crippen molar-refractivity contribution in [1.29, 1.82) is 0 Å². The van der Waals surface area contributed by atoms with Crippen molar-refractivity contribution in [1.82, 2.24) is 0 Å². The van der Waals surface area contributed by atoms with E-state index in [4.69, 9.17) is 5.73 Å². The number of thioether (sulfide) groups is 1. The first-order valence-electron chi connectivity index (χ1n) is 9.70. The number of nitro benzene ring substituents is 1. The molecule has 1 saturated heterocycles. The zero-order valence-corrected chi connectivity index (χ0v) is 17.4. The first-order chi connectivity index (χ1) is 14.3. The maximum Gasteiger partial charge on any atom is 0.269 e. The van der Waals surface area contributed by atoms with Crippen LogP contribution in [0.4, 0.5) is 17.1 Å². The van der Waals surface area contributed by atoms with Gasteiger partial charge in [0, 0.05) is 36.0 Å². The molecule has 2 amide bonds. The second-order valence-corrected chi connectivity index (χ2v) is 8.60. The molecule has 1 aliphatic rings. The smallest absolute Gasteiger partial charge is 0.269 e. The van der Waals surface area contributed by atoms with Gasteiger partial charge in [0.25, 0.3) is 5.69 Å². The highest BCUT2D eigenvalue weighted by atomic mass is 32.2. The van der Waals surface area contributed by atoms with E-state index in [-0.39, 0.29) is 28.7 Å². The molecular formula is C21H24N4O4S. The number of nitro groups is 1. The third-order valence-corrected chi connectivity index (χ3v) is 6.24. The van der Waals surface area contributed by atoms with Crippen LogP contribution < -0.4 is 16.0 Å². The zero-order valence-electron chi connectivity index (χ0n) is 16.6. The molecule has 0 bridgehead atoms. The minimum Gasteiger partial charge on any atom is -0.370 e. The van der Waals surface area contributed by atoms with Gasteiger partial charge in [0.1, 0.15) is 0 Å². The van der Waals surface area contributed by atoms with Crippen molar-refractivity contribution in [3.63, 3.8) is 0 Å². The summed E-state index contributed by atoms with van der Waals surface area (Å²) in [4.78, 5) is 37.4. The Morgan fingerprint density at radius 3 is 2.40 bits per heavy atom. The second-order valence-electron chi connectivity index (χ2n) is 7.18. The Bertz CT molecular complexity index is 927. The Hall–Kier alpha value is -3.07. The Morgan fingerprint density at radius 2 is 1.80 bits per heavy atom. The summed E-state index contributed by atoms with van der Waals surface area (Å²) in [6, 6.07) is 13.7. The van der Waals surface area contributed by atoms with E-state index >= 15 is 0 Å². The van der Waals surface area contributed by atoms with Crippen LogP contribution in [-0.4, -0.2) is 35.1 Å². The lowest BCUT2D eigenvalue weighted by atomic mass is 9.96. The first-order valence-corrected chi connectivity index (χ1v) is 10.6. The fourth-order valence-corrected chi connectivity index (χ4v) is 4.27. The number of nitrogens with two attached hydrogens (primary N) is 1. The van der Waals surface area contributed by atoms with Gasteiger partial charge in [-0.25, -0.2) is 0 Å². The monoisotopic (exact) mass is 428 g/mol. The largest absolute Gasteiger partial charge is 0.370 e. The van der Waals surface area contributed by atoms with E-state index in [2.05, 4.69) is 10.2 Å². The van der Waals surface area contributed by atoms with Gasteiger partial charge in [-0.3, -0.25) is 19.7 Å². The van der Waals surface area contributed by atoms with Crippen LogP contribution in [0.2, 0.25) is 0 Å². The van der Waals surface area contributed by atoms with Gasteiger partial charge in [0.05, 0.1) is 21.5 Å². The molecule has 8 nitrogen and oxygen atoms in total. The summed E-state index contributed by atoms with van der Waals surface area (Å²) in [7, 11) is 0. The lowest BCUT2D eigenvalue weighted by Gasteiger charge is -2.33. The van der Waals surface area contributed by atoms with Gasteiger partial charge in [-0.2, -0.15) is 0 Å². The quantitative estimate of drug-likeness (QED) is 0.396. The molecule has 0 aliphatic carbocycles. The topological polar surface area (TPSA) is 119 Å². The Labute approximate surface area is 179 Å². The second kappa shape index (κ2) is 9.62. The molecule has 3 N–H and O–H groups in total. The average Bonchev–Trinajstić information content (AvgIpc) is 2.74. The van der Waals surface area contributed by atoms with E-state index in [1.165, 1.54) is 23.9 Å². The van der Waals surface area contributed by atoms with E-state index in [0.717, 1.165) is 16.3 Å². The average molecular weight is 429 g/mol. The van der Waals surface area contributed by atoms with E-state index in [1.807, 2.05) is 24.3 Å². The van der Waals surface area contributed by atoms with Gasteiger partial charge in [-0.1, -0.05) is 12.1 Å². The normalized spacial score (nSPS) is 15.4. The number of piperidine rings is 1. The number of hydrogen-bond donors (Lipinski definition) is 2. The first kappa shape index (κ1) is 21.6. The van der Waals surface area contributed by atoms with Crippen LogP contribution >= 0.6 is 11.8 Å². The third-order valence-electron chi connectivity index (χ3n) is 5.13. The van der Waals surface area contributed by atoms with Crippen LogP contribution in [-0.2, 0) is 9.59 Å². The van der Waals surface area contributed by atoms with Crippen molar-refractivity contribution >= 4 is 40.6 Å². The number of anilines is 2. The number of amides is 2. The van der Waals surface area contributed by atoms with Crippen molar-refractivity contribution in [3.8, 4) is 0 Å². The molecule has 2 aromatic rings. The number of nitrogens with one attached hydrogen (secondary N) is 1. The van der Waals surface area contributed by atoms with E-state index in [0.29, 0.717) is 25.9 Å². The minimum atomic E-state index is -0.451. The number of benzene rings is 2. The van der Waals surface area contributed by atoms with Crippen molar-refractivity contribution < 1.29 is 14.5 Å². The molecule has 0 aromatic heterocycles. The maximum atomic E-state index is 12.7. The van der Waals surface area contributed by atoms with Crippen LogP contribution in [0.1, 0.15) is 19.8 Å². The van der Waals surface area contributed by atoms with Crippen LogP contribution in [0, 0.1) is 16.0 Å².